The van der Waals surface area contributed by atoms with E-state index in [9.17, 15) is 14.0 Å². The fourth-order valence-corrected chi connectivity index (χ4v) is 2.14. The van der Waals surface area contributed by atoms with Crippen LogP contribution in [0.3, 0.4) is 0 Å². The van der Waals surface area contributed by atoms with E-state index in [0.717, 1.165) is 12.1 Å². The zero-order chi connectivity index (χ0) is 18.6. The molecule has 0 saturated heterocycles. The van der Waals surface area contributed by atoms with Crippen LogP contribution in [0.25, 0.3) is 0 Å². The summed E-state index contributed by atoms with van der Waals surface area (Å²) in [6.45, 7) is 0. The number of hydrogen-bond acceptors (Lipinski definition) is 5. The molecule has 2 rings (SSSR count). The van der Waals surface area contributed by atoms with Crippen molar-refractivity contribution in [3.05, 3.63) is 59.4 Å². The first-order chi connectivity index (χ1) is 11.8. The molecule has 130 valence electrons. The van der Waals surface area contributed by atoms with Crippen LogP contribution in [-0.4, -0.2) is 40.2 Å². The first-order valence-corrected chi connectivity index (χ1v) is 7.32. The third-order valence-electron chi connectivity index (χ3n) is 3.52. The summed E-state index contributed by atoms with van der Waals surface area (Å²) in [6.07, 6.45) is 0.142. The highest BCUT2D eigenvalue weighted by molar-refractivity contribution is 6.58. The van der Waals surface area contributed by atoms with Crippen molar-refractivity contribution in [1.29, 1.82) is 0 Å². The Morgan fingerprint density at radius 2 is 1.80 bits per heavy atom. The Labute approximate surface area is 143 Å². The molecular weight excluding hydrogens is 330 g/mol. The fraction of sp³-hybridized carbons (Fsp3) is 0.125. The van der Waals surface area contributed by atoms with Gasteiger partial charge in [-0.05, 0) is 41.7 Å². The molecule has 7 nitrogen and oxygen atoms in total. The molecule has 1 amide bonds. The first-order valence-electron chi connectivity index (χ1n) is 7.32. The predicted molar refractivity (Wildman–Crippen MR) is 89.9 cm³/mol. The Bertz CT molecular complexity index is 783. The number of hydrogen-bond donors (Lipinski definition) is 5. The zero-order valence-electron chi connectivity index (χ0n) is 13.0. The topological polar surface area (TPSA) is 133 Å². The number of carboxylic acids is 1. The molecule has 0 aromatic heterocycles. The fourth-order valence-electron chi connectivity index (χ4n) is 2.14. The lowest BCUT2D eigenvalue weighted by Gasteiger charge is -2.09. The van der Waals surface area contributed by atoms with Crippen LogP contribution in [0.15, 0.2) is 42.5 Å². The Balaban J connectivity index is 2.07. The van der Waals surface area contributed by atoms with Gasteiger partial charge >= 0.3 is 13.1 Å². The number of rotatable bonds is 6. The van der Waals surface area contributed by atoms with Crippen LogP contribution in [0.5, 0.6) is 0 Å². The van der Waals surface area contributed by atoms with Crippen LogP contribution in [0, 0.1) is 5.82 Å². The number of benzene rings is 2. The van der Waals surface area contributed by atoms with Crippen molar-refractivity contribution in [2.75, 3.05) is 5.32 Å². The number of aliphatic carboxylic acids is 1. The summed E-state index contributed by atoms with van der Waals surface area (Å²) < 4.78 is 13.9. The van der Waals surface area contributed by atoms with Gasteiger partial charge in [0.25, 0.3) is 5.91 Å². The monoisotopic (exact) mass is 346 g/mol. The van der Waals surface area contributed by atoms with E-state index < -0.39 is 30.9 Å². The molecule has 0 unspecified atom stereocenters. The first kappa shape index (κ1) is 18.6. The van der Waals surface area contributed by atoms with Crippen LogP contribution in [0.2, 0.25) is 0 Å². The standard InChI is InChI=1S/C16H16BFN2O5/c18-13-8-10(17(24)25)3-6-12(13)15(21)20-11-4-1-9(2-5-11)7-14(19)16(22)23/h1-6,8,14,24-25H,7,19H2,(H,20,21)(H,22,23)/t14-/m0/s1. The van der Waals surface area contributed by atoms with Crippen molar-refractivity contribution in [1.82, 2.24) is 0 Å². The third-order valence-corrected chi connectivity index (χ3v) is 3.52. The van der Waals surface area contributed by atoms with Gasteiger partial charge in [0.05, 0.1) is 5.56 Å². The van der Waals surface area contributed by atoms with Crippen molar-refractivity contribution >= 4 is 30.1 Å². The van der Waals surface area contributed by atoms with E-state index in [1.54, 1.807) is 24.3 Å². The molecule has 0 saturated carbocycles. The van der Waals surface area contributed by atoms with Gasteiger partial charge in [0.1, 0.15) is 11.9 Å². The summed E-state index contributed by atoms with van der Waals surface area (Å²) in [7, 11) is -1.82. The van der Waals surface area contributed by atoms with E-state index in [1.807, 2.05) is 0 Å². The third kappa shape index (κ3) is 4.86. The van der Waals surface area contributed by atoms with Gasteiger partial charge in [-0.3, -0.25) is 9.59 Å². The number of carbonyl (C=O) groups excluding carboxylic acids is 1. The second-order valence-electron chi connectivity index (χ2n) is 5.41. The zero-order valence-corrected chi connectivity index (χ0v) is 13.0. The summed E-state index contributed by atoms with van der Waals surface area (Å²) in [6, 6.07) is 8.56. The second kappa shape index (κ2) is 7.89. The molecule has 1 atom stereocenters. The van der Waals surface area contributed by atoms with E-state index in [4.69, 9.17) is 20.9 Å². The molecule has 2 aromatic rings. The molecule has 9 heteroatoms. The summed E-state index contributed by atoms with van der Waals surface area (Å²) >= 11 is 0. The van der Waals surface area contributed by atoms with Crippen molar-refractivity contribution < 1.29 is 29.1 Å². The quantitative estimate of drug-likeness (QED) is 0.457. The Kier molecular flexibility index (Phi) is 5.86. The molecular formula is C16H16BFN2O5. The molecule has 0 aliphatic heterocycles. The van der Waals surface area contributed by atoms with E-state index in [0.29, 0.717) is 11.3 Å². The summed E-state index contributed by atoms with van der Waals surface area (Å²) in [5.74, 6) is -2.69. The Morgan fingerprint density at radius 3 is 2.32 bits per heavy atom. The minimum Gasteiger partial charge on any atom is -0.480 e. The molecule has 0 radical (unpaired) electrons. The Hall–Kier alpha value is -2.75. The van der Waals surface area contributed by atoms with Gasteiger partial charge in [0.2, 0.25) is 0 Å². The van der Waals surface area contributed by atoms with Gasteiger partial charge in [-0.15, -0.1) is 0 Å². The molecule has 0 bridgehead atoms. The lowest BCUT2D eigenvalue weighted by molar-refractivity contribution is -0.138. The smallest absolute Gasteiger partial charge is 0.480 e. The van der Waals surface area contributed by atoms with Crippen molar-refractivity contribution in [3.63, 3.8) is 0 Å². The van der Waals surface area contributed by atoms with E-state index in [2.05, 4.69) is 5.32 Å². The summed E-state index contributed by atoms with van der Waals surface area (Å²) in [5.41, 5.74) is 6.21. The maximum absolute atomic E-state index is 13.9. The highest BCUT2D eigenvalue weighted by Crippen LogP contribution is 2.14. The minimum absolute atomic E-state index is 0.0619. The van der Waals surface area contributed by atoms with Crippen LogP contribution < -0.4 is 16.5 Å². The molecule has 0 heterocycles. The average molecular weight is 346 g/mol. The number of halogens is 1. The van der Waals surface area contributed by atoms with Gasteiger partial charge in [-0.1, -0.05) is 18.2 Å². The van der Waals surface area contributed by atoms with E-state index in [-0.39, 0.29) is 17.4 Å². The minimum atomic E-state index is -1.82. The number of nitrogens with one attached hydrogen (secondary N) is 1. The lowest BCUT2D eigenvalue weighted by Crippen LogP contribution is -2.32. The molecule has 25 heavy (non-hydrogen) atoms. The van der Waals surface area contributed by atoms with Crippen LogP contribution in [0.4, 0.5) is 10.1 Å². The molecule has 0 spiro atoms. The number of nitrogens with two attached hydrogens (primary N) is 1. The Morgan fingerprint density at radius 1 is 1.16 bits per heavy atom. The number of carbonyl (C=O) groups is 2. The lowest BCUT2D eigenvalue weighted by atomic mass is 9.80. The maximum Gasteiger partial charge on any atom is 0.488 e. The van der Waals surface area contributed by atoms with Crippen LogP contribution >= 0.6 is 0 Å². The normalized spacial score (nSPS) is 11.7. The highest BCUT2D eigenvalue weighted by Gasteiger charge is 2.17. The SMILES string of the molecule is N[C@@H](Cc1ccc(NC(=O)c2ccc(B(O)O)cc2F)cc1)C(=O)O. The van der Waals surface area contributed by atoms with Gasteiger partial charge in [-0.2, -0.15) is 0 Å². The predicted octanol–water partition coefficient (Wildman–Crippen LogP) is -0.288. The van der Waals surface area contributed by atoms with Gasteiger partial charge in [-0.25, -0.2) is 4.39 Å². The highest BCUT2D eigenvalue weighted by atomic mass is 19.1. The maximum atomic E-state index is 13.9. The van der Waals surface area contributed by atoms with Gasteiger partial charge in [0, 0.05) is 5.69 Å². The second-order valence-corrected chi connectivity index (χ2v) is 5.41. The van der Waals surface area contributed by atoms with Crippen LogP contribution in [0.1, 0.15) is 15.9 Å². The number of anilines is 1. The number of amides is 1. The summed E-state index contributed by atoms with van der Waals surface area (Å²) in [5, 5.41) is 29.2. The van der Waals surface area contributed by atoms with Crippen molar-refractivity contribution in [2.24, 2.45) is 5.73 Å². The van der Waals surface area contributed by atoms with E-state index in [1.165, 1.54) is 6.07 Å². The molecule has 0 aliphatic carbocycles. The van der Waals surface area contributed by atoms with Gasteiger partial charge < -0.3 is 26.2 Å². The largest absolute Gasteiger partial charge is 0.488 e. The molecule has 0 fully saturated rings. The van der Waals surface area contributed by atoms with Gasteiger partial charge in [0.15, 0.2) is 0 Å². The van der Waals surface area contributed by atoms with Crippen molar-refractivity contribution in [2.45, 2.75) is 12.5 Å². The average Bonchev–Trinajstić information content (AvgIpc) is 2.56. The van der Waals surface area contributed by atoms with E-state index >= 15 is 0 Å². The summed E-state index contributed by atoms with van der Waals surface area (Å²) in [4.78, 5) is 22.8. The molecule has 2 aromatic carbocycles. The number of carboxylic acid groups (broad SMARTS) is 1. The van der Waals surface area contributed by atoms with Crippen LogP contribution in [-0.2, 0) is 11.2 Å². The van der Waals surface area contributed by atoms with Crippen molar-refractivity contribution in [3.8, 4) is 0 Å². The molecule has 0 aliphatic rings. The molecule has 6 N–H and O–H groups in total.